The van der Waals surface area contributed by atoms with Gasteiger partial charge in [0.25, 0.3) is 0 Å². The summed E-state index contributed by atoms with van der Waals surface area (Å²) in [5.41, 5.74) is 1.85. The lowest BCUT2D eigenvalue weighted by Crippen LogP contribution is -2.40. The second kappa shape index (κ2) is 6.66. The molecule has 1 aromatic rings. The average Bonchev–Trinajstić information content (AvgIpc) is 2.45. The summed E-state index contributed by atoms with van der Waals surface area (Å²) in [7, 11) is 0. The summed E-state index contributed by atoms with van der Waals surface area (Å²) in [5, 5.41) is 3.42. The van der Waals surface area contributed by atoms with Gasteiger partial charge in [0.05, 0.1) is 5.69 Å². The third-order valence-electron chi connectivity index (χ3n) is 3.63. The number of imide groups is 1. The fraction of sp³-hybridized carbons (Fsp3) is 0.500. The molecule has 2 rings (SSSR count). The molecule has 1 aliphatic rings. The van der Waals surface area contributed by atoms with Crippen LogP contribution in [-0.4, -0.2) is 18.4 Å². The maximum absolute atomic E-state index is 11.9. The van der Waals surface area contributed by atoms with Crippen molar-refractivity contribution in [3.63, 3.8) is 0 Å². The number of hydrogen-bond donors (Lipinski definition) is 1. The van der Waals surface area contributed by atoms with E-state index in [4.69, 9.17) is 0 Å². The van der Waals surface area contributed by atoms with Gasteiger partial charge < -0.3 is 5.32 Å². The van der Waals surface area contributed by atoms with Crippen LogP contribution in [-0.2, 0) is 9.59 Å². The van der Waals surface area contributed by atoms with Gasteiger partial charge in [-0.05, 0) is 44.0 Å². The van der Waals surface area contributed by atoms with E-state index >= 15 is 0 Å². The molecule has 0 aliphatic carbocycles. The van der Waals surface area contributed by atoms with E-state index in [2.05, 4.69) is 19.2 Å². The van der Waals surface area contributed by atoms with Crippen LogP contribution < -0.4 is 10.2 Å². The van der Waals surface area contributed by atoms with Crippen LogP contribution in [0.3, 0.4) is 0 Å². The molecule has 0 aromatic heterocycles. The topological polar surface area (TPSA) is 49.4 Å². The van der Waals surface area contributed by atoms with E-state index < -0.39 is 0 Å². The van der Waals surface area contributed by atoms with E-state index in [1.807, 2.05) is 24.3 Å². The summed E-state index contributed by atoms with van der Waals surface area (Å²) in [6.45, 7) is 5.23. The Morgan fingerprint density at radius 2 is 1.75 bits per heavy atom. The number of hydrogen-bond acceptors (Lipinski definition) is 3. The molecule has 0 bridgehead atoms. The molecule has 4 nitrogen and oxygen atoms in total. The van der Waals surface area contributed by atoms with Crippen molar-refractivity contribution >= 4 is 17.5 Å². The molecule has 0 radical (unpaired) electrons. The molecule has 1 aliphatic heterocycles. The molecule has 108 valence electrons. The molecule has 1 saturated heterocycles. The molecule has 20 heavy (non-hydrogen) atoms. The largest absolute Gasteiger partial charge is 0.310 e. The Balaban J connectivity index is 2.11. The first-order valence-electron chi connectivity index (χ1n) is 7.32. The lowest BCUT2D eigenvalue weighted by Gasteiger charge is -2.25. The van der Waals surface area contributed by atoms with Crippen LogP contribution in [0.2, 0.25) is 0 Å². The number of nitrogens with one attached hydrogen (secondary N) is 1. The van der Waals surface area contributed by atoms with Crippen LogP contribution in [0.25, 0.3) is 0 Å². The fourth-order valence-electron chi connectivity index (χ4n) is 2.43. The Kier molecular flexibility index (Phi) is 4.90. The summed E-state index contributed by atoms with van der Waals surface area (Å²) >= 11 is 0. The first-order chi connectivity index (χ1) is 9.63. The van der Waals surface area contributed by atoms with Crippen molar-refractivity contribution in [1.82, 2.24) is 5.32 Å². The van der Waals surface area contributed by atoms with Crippen molar-refractivity contribution in [3.8, 4) is 0 Å². The van der Waals surface area contributed by atoms with Gasteiger partial charge in [0.2, 0.25) is 11.8 Å². The molecule has 1 heterocycles. The van der Waals surface area contributed by atoms with E-state index in [-0.39, 0.29) is 17.9 Å². The second-order valence-corrected chi connectivity index (χ2v) is 5.24. The summed E-state index contributed by atoms with van der Waals surface area (Å²) < 4.78 is 0. The van der Waals surface area contributed by atoms with Gasteiger partial charge >= 0.3 is 0 Å². The highest BCUT2D eigenvalue weighted by molar-refractivity contribution is 6.16. The molecule has 4 heteroatoms. The molecule has 2 amide bonds. The number of piperidine rings is 1. The Morgan fingerprint density at radius 3 is 2.30 bits per heavy atom. The van der Waals surface area contributed by atoms with Gasteiger partial charge in [-0.15, -0.1) is 0 Å². The quantitative estimate of drug-likeness (QED) is 0.840. The van der Waals surface area contributed by atoms with Crippen LogP contribution in [0, 0.1) is 0 Å². The van der Waals surface area contributed by atoms with Gasteiger partial charge in [-0.1, -0.05) is 19.1 Å². The third-order valence-corrected chi connectivity index (χ3v) is 3.63. The van der Waals surface area contributed by atoms with E-state index in [0.717, 1.165) is 13.0 Å². The van der Waals surface area contributed by atoms with Gasteiger partial charge in [0.1, 0.15) is 0 Å². The van der Waals surface area contributed by atoms with Crippen molar-refractivity contribution in [2.24, 2.45) is 0 Å². The van der Waals surface area contributed by atoms with E-state index in [1.54, 1.807) is 0 Å². The predicted molar refractivity (Wildman–Crippen MR) is 79.5 cm³/mol. The minimum atomic E-state index is -0.0915. The number of carbonyl (C=O) groups is 2. The van der Waals surface area contributed by atoms with Gasteiger partial charge in [-0.2, -0.15) is 0 Å². The molecule has 0 saturated carbocycles. The molecule has 0 spiro atoms. The standard InChI is InChI=1S/C16H22N2O2/c1-3-11-17-12(2)13-7-9-14(10-8-13)18-15(19)5-4-6-16(18)20/h7-10,12,17H,3-6,11H2,1-2H3. The van der Waals surface area contributed by atoms with Gasteiger partial charge in [-0.3, -0.25) is 14.5 Å². The molecule has 1 unspecified atom stereocenters. The van der Waals surface area contributed by atoms with E-state index in [9.17, 15) is 9.59 Å². The fourth-order valence-corrected chi connectivity index (χ4v) is 2.43. The minimum Gasteiger partial charge on any atom is -0.310 e. The monoisotopic (exact) mass is 274 g/mol. The first kappa shape index (κ1) is 14.7. The van der Waals surface area contributed by atoms with Crippen molar-refractivity contribution in [2.75, 3.05) is 11.4 Å². The highest BCUT2D eigenvalue weighted by Crippen LogP contribution is 2.24. The molecular weight excluding hydrogens is 252 g/mol. The molecule has 1 atom stereocenters. The summed E-state index contributed by atoms with van der Waals surface area (Å²) in [5.74, 6) is -0.183. The Bertz CT molecular complexity index is 466. The summed E-state index contributed by atoms with van der Waals surface area (Å²) in [6, 6.07) is 7.97. The second-order valence-electron chi connectivity index (χ2n) is 5.24. The predicted octanol–water partition coefficient (Wildman–Crippen LogP) is 2.79. The number of rotatable bonds is 5. The highest BCUT2D eigenvalue weighted by atomic mass is 16.2. The average molecular weight is 274 g/mol. The number of carbonyl (C=O) groups excluding carboxylic acids is 2. The highest BCUT2D eigenvalue weighted by Gasteiger charge is 2.27. The summed E-state index contributed by atoms with van der Waals surface area (Å²) in [4.78, 5) is 25.0. The Hall–Kier alpha value is -1.68. The lowest BCUT2D eigenvalue weighted by molar-refractivity contribution is -0.129. The van der Waals surface area contributed by atoms with Crippen LogP contribution >= 0.6 is 0 Å². The van der Waals surface area contributed by atoms with Crippen molar-refractivity contribution in [3.05, 3.63) is 29.8 Å². The Morgan fingerprint density at radius 1 is 1.15 bits per heavy atom. The van der Waals surface area contributed by atoms with Crippen LogP contribution in [0.4, 0.5) is 5.69 Å². The zero-order valence-corrected chi connectivity index (χ0v) is 12.2. The molecular formula is C16H22N2O2. The van der Waals surface area contributed by atoms with Crippen molar-refractivity contribution in [2.45, 2.75) is 45.6 Å². The van der Waals surface area contributed by atoms with Crippen LogP contribution in [0.1, 0.15) is 51.1 Å². The van der Waals surface area contributed by atoms with E-state index in [0.29, 0.717) is 24.9 Å². The number of amides is 2. The number of anilines is 1. The van der Waals surface area contributed by atoms with Crippen molar-refractivity contribution in [1.29, 1.82) is 0 Å². The molecule has 1 N–H and O–H groups in total. The zero-order chi connectivity index (χ0) is 14.5. The molecule has 1 aromatic carbocycles. The number of nitrogens with zero attached hydrogens (tertiary/aromatic N) is 1. The van der Waals surface area contributed by atoms with Gasteiger partial charge in [0, 0.05) is 18.9 Å². The van der Waals surface area contributed by atoms with Crippen molar-refractivity contribution < 1.29 is 9.59 Å². The van der Waals surface area contributed by atoms with Crippen LogP contribution in [0.5, 0.6) is 0 Å². The lowest BCUT2D eigenvalue weighted by atomic mass is 10.1. The maximum atomic E-state index is 11.9. The Labute approximate surface area is 120 Å². The van der Waals surface area contributed by atoms with Gasteiger partial charge in [-0.25, -0.2) is 0 Å². The van der Waals surface area contributed by atoms with Crippen LogP contribution in [0.15, 0.2) is 24.3 Å². The number of benzene rings is 1. The minimum absolute atomic E-state index is 0.0915. The zero-order valence-electron chi connectivity index (χ0n) is 12.2. The maximum Gasteiger partial charge on any atom is 0.233 e. The normalized spacial score (nSPS) is 17.4. The van der Waals surface area contributed by atoms with E-state index in [1.165, 1.54) is 10.5 Å². The summed E-state index contributed by atoms with van der Waals surface area (Å²) in [6.07, 6.45) is 2.69. The molecule has 1 fully saturated rings. The first-order valence-corrected chi connectivity index (χ1v) is 7.32. The van der Waals surface area contributed by atoms with Gasteiger partial charge in [0.15, 0.2) is 0 Å². The third kappa shape index (κ3) is 3.25. The smallest absolute Gasteiger partial charge is 0.233 e. The SMILES string of the molecule is CCCNC(C)c1ccc(N2C(=O)CCCC2=O)cc1.